The number of carbonyl (C=O) groups is 1. The molecule has 0 aliphatic heterocycles. The molecule has 1 aliphatic carbocycles. The van der Waals surface area contributed by atoms with Gasteiger partial charge in [-0.15, -0.1) is 11.3 Å². The van der Waals surface area contributed by atoms with Crippen LogP contribution in [0, 0.1) is 12.8 Å². The molecule has 0 N–H and O–H groups in total. The Bertz CT molecular complexity index is 414. The fourth-order valence-corrected chi connectivity index (χ4v) is 3.60. The van der Waals surface area contributed by atoms with Crippen LogP contribution in [-0.2, 0) is 4.74 Å². The fourth-order valence-electron chi connectivity index (χ4n) is 2.55. The van der Waals surface area contributed by atoms with E-state index in [9.17, 15) is 4.79 Å². The first-order valence-corrected chi connectivity index (χ1v) is 7.03. The second-order valence-corrected chi connectivity index (χ2v) is 5.97. The number of aromatic nitrogens is 1. The molecular formula is C13H19NO2S. The second kappa shape index (κ2) is 5.17. The minimum absolute atomic E-state index is 0.310. The van der Waals surface area contributed by atoms with Crippen molar-refractivity contribution in [1.82, 2.24) is 4.98 Å². The van der Waals surface area contributed by atoms with Gasteiger partial charge in [0.1, 0.15) is 0 Å². The number of thiazole rings is 1. The maximum atomic E-state index is 11.5. The van der Waals surface area contributed by atoms with E-state index in [4.69, 9.17) is 4.74 Å². The van der Waals surface area contributed by atoms with E-state index in [1.807, 2.05) is 6.92 Å². The maximum absolute atomic E-state index is 11.5. The maximum Gasteiger partial charge on any atom is 0.357 e. The highest BCUT2D eigenvalue weighted by Crippen LogP contribution is 2.41. The van der Waals surface area contributed by atoms with Crippen molar-refractivity contribution >= 4 is 17.3 Å². The Morgan fingerprint density at radius 1 is 1.53 bits per heavy atom. The Morgan fingerprint density at radius 2 is 2.29 bits per heavy atom. The van der Waals surface area contributed by atoms with E-state index in [0.29, 0.717) is 11.6 Å². The van der Waals surface area contributed by atoms with Gasteiger partial charge in [-0.05, 0) is 32.1 Å². The lowest BCUT2D eigenvalue weighted by Gasteiger charge is -2.06. The molecular weight excluding hydrogens is 234 g/mol. The monoisotopic (exact) mass is 253 g/mol. The van der Waals surface area contributed by atoms with E-state index >= 15 is 0 Å². The molecule has 2 atom stereocenters. The van der Waals surface area contributed by atoms with E-state index in [1.165, 1.54) is 32.8 Å². The molecule has 3 nitrogen and oxygen atoms in total. The summed E-state index contributed by atoms with van der Waals surface area (Å²) in [5.41, 5.74) is 0.507. The lowest BCUT2D eigenvalue weighted by molar-refractivity contribution is 0.0594. The minimum atomic E-state index is -0.310. The first kappa shape index (κ1) is 12.6. The van der Waals surface area contributed by atoms with Crippen LogP contribution in [0.25, 0.3) is 0 Å². The summed E-state index contributed by atoms with van der Waals surface area (Å²) in [5, 5.41) is 1.12. The number of rotatable bonds is 3. The molecule has 94 valence electrons. The highest BCUT2D eigenvalue weighted by Gasteiger charge is 2.28. The molecule has 1 heterocycles. The van der Waals surface area contributed by atoms with Crippen LogP contribution in [0.1, 0.15) is 58.9 Å². The van der Waals surface area contributed by atoms with Crippen LogP contribution in [0.2, 0.25) is 0 Å². The standard InChI is InChI=1S/C13H19NO2S/c1-4-9-5-6-10(7-9)12-14-11(8(2)17-12)13(15)16-3/h9-10H,4-7H2,1-3H3. The lowest BCUT2D eigenvalue weighted by Crippen LogP contribution is -2.04. The van der Waals surface area contributed by atoms with Gasteiger partial charge in [0.2, 0.25) is 0 Å². The first-order valence-electron chi connectivity index (χ1n) is 6.21. The number of ether oxygens (including phenoxy) is 1. The zero-order chi connectivity index (χ0) is 12.4. The molecule has 4 heteroatoms. The number of hydrogen-bond acceptors (Lipinski definition) is 4. The Hall–Kier alpha value is -0.900. The predicted molar refractivity (Wildman–Crippen MR) is 68.6 cm³/mol. The molecule has 2 rings (SSSR count). The topological polar surface area (TPSA) is 39.2 Å². The van der Waals surface area contributed by atoms with E-state index in [2.05, 4.69) is 11.9 Å². The number of nitrogens with zero attached hydrogens (tertiary/aromatic N) is 1. The van der Waals surface area contributed by atoms with Crippen LogP contribution < -0.4 is 0 Å². The summed E-state index contributed by atoms with van der Waals surface area (Å²) < 4.78 is 4.74. The van der Waals surface area contributed by atoms with Crippen molar-refractivity contribution in [2.45, 2.75) is 45.4 Å². The van der Waals surface area contributed by atoms with Gasteiger partial charge in [-0.25, -0.2) is 9.78 Å². The molecule has 0 spiro atoms. The number of methoxy groups -OCH3 is 1. The largest absolute Gasteiger partial charge is 0.464 e. The first-order chi connectivity index (χ1) is 8.15. The summed E-state index contributed by atoms with van der Waals surface area (Å²) in [6.07, 6.45) is 4.99. The van der Waals surface area contributed by atoms with Crippen molar-refractivity contribution < 1.29 is 9.53 Å². The molecule has 2 unspecified atom stereocenters. The molecule has 1 aliphatic rings. The average Bonchev–Trinajstić information content (AvgIpc) is 2.94. The summed E-state index contributed by atoms with van der Waals surface area (Å²) in [4.78, 5) is 17.0. The van der Waals surface area contributed by atoms with Crippen LogP contribution in [0.4, 0.5) is 0 Å². The molecule has 0 amide bonds. The molecule has 1 saturated carbocycles. The zero-order valence-electron chi connectivity index (χ0n) is 10.7. The van der Waals surface area contributed by atoms with Crippen molar-refractivity contribution in [2.24, 2.45) is 5.92 Å². The SMILES string of the molecule is CCC1CCC(c2nc(C(=O)OC)c(C)s2)C1. The fraction of sp³-hybridized carbons (Fsp3) is 0.692. The molecule has 1 aromatic heterocycles. The van der Waals surface area contributed by atoms with Crippen LogP contribution in [0.3, 0.4) is 0 Å². The van der Waals surface area contributed by atoms with Crippen molar-refractivity contribution in [3.05, 3.63) is 15.6 Å². The highest BCUT2D eigenvalue weighted by atomic mass is 32.1. The van der Waals surface area contributed by atoms with Gasteiger partial charge >= 0.3 is 5.97 Å². The van der Waals surface area contributed by atoms with Gasteiger partial charge in [-0.1, -0.05) is 13.3 Å². The van der Waals surface area contributed by atoms with Gasteiger partial charge in [0.05, 0.1) is 12.1 Å². The summed E-state index contributed by atoms with van der Waals surface area (Å²) in [7, 11) is 1.41. The molecule has 0 saturated heterocycles. The molecule has 0 bridgehead atoms. The predicted octanol–water partition coefficient (Wildman–Crippen LogP) is 3.53. The highest BCUT2D eigenvalue weighted by molar-refractivity contribution is 7.12. The number of aryl methyl sites for hydroxylation is 1. The normalized spacial score (nSPS) is 23.9. The summed E-state index contributed by atoms with van der Waals surface area (Å²) in [6.45, 7) is 4.19. The van der Waals surface area contributed by atoms with Gasteiger partial charge in [0.25, 0.3) is 0 Å². The summed E-state index contributed by atoms with van der Waals surface area (Å²) in [5.74, 6) is 1.09. The van der Waals surface area contributed by atoms with Crippen LogP contribution in [-0.4, -0.2) is 18.1 Å². The summed E-state index contributed by atoms with van der Waals surface area (Å²) in [6, 6.07) is 0. The molecule has 0 aromatic carbocycles. The molecule has 0 radical (unpaired) electrons. The summed E-state index contributed by atoms with van der Waals surface area (Å²) >= 11 is 1.66. The average molecular weight is 253 g/mol. The quantitative estimate of drug-likeness (QED) is 0.773. The third kappa shape index (κ3) is 2.51. The van der Waals surface area contributed by atoms with Crippen molar-refractivity contribution in [1.29, 1.82) is 0 Å². The molecule has 1 fully saturated rings. The van der Waals surface area contributed by atoms with Crippen LogP contribution in [0.15, 0.2) is 0 Å². The molecule has 17 heavy (non-hydrogen) atoms. The zero-order valence-corrected chi connectivity index (χ0v) is 11.5. The van der Waals surface area contributed by atoms with Gasteiger partial charge in [0, 0.05) is 10.8 Å². The van der Waals surface area contributed by atoms with Crippen LogP contribution >= 0.6 is 11.3 Å². The minimum Gasteiger partial charge on any atom is -0.464 e. The Morgan fingerprint density at radius 3 is 2.88 bits per heavy atom. The van der Waals surface area contributed by atoms with E-state index in [0.717, 1.165) is 15.8 Å². The third-order valence-corrected chi connectivity index (χ3v) is 4.79. The van der Waals surface area contributed by atoms with Gasteiger partial charge in [-0.3, -0.25) is 0 Å². The van der Waals surface area contributed by atoms with Gasteiger partial charge in [-0.2, -0.15) is 0 Å². The van der Waals surface area contributed by atoms with E-state index in [-0.39, 0.29) is 5.97 Å². The van der Waals surface area contributed by atoms with E-state index < -0.39 is 0 Å². The van der Waals surface area contributed by atoms with Crippen molar-refractivity contribution in [2.75, 3.05) is 7.11 Å². The number of carbonyl (C=O) groups excluding carboxylic acids is 1. The van der Waals surface area contributed by atoms with Crippen LogP contribution in [0.5, 0.6) is 0 Å². The van der Waals surface area contributed by atoms with Crippen molar-refractivity contribution in [3.63, 3.8) is 0 Å². The third-order valence-electron chi connectivity index (χ3n) is 3.66. The number of hydrogen-bond donors (Lipinski definition) is 0. The molecule has 1 aromatic rings. The second-order valence-electron chi connectivity index (χ2n) is 4.73. The number of esters is 1. The van der Waals surface area contributed by atoms with Gasteiger partial charge < -0.3 is 4.74 Å². The Kier molecular flexibility index (Phi) is 3.82. The van der Waals surface area contributed by atoms with Gasteiger partial charge in [0.15, 0.2) is 5.69 Å². The smallest absolute Gasteiger partial charge is 0.357 e. The van der Waals surface area contributed by atoms with Crippen molar-refractivity contribution in [3.8, 4) is 0 Å². The Balaban J connectivity index is 2.15. The van der Waals surface area contributed by atoms with E-state index in [1.54, 1.807) is 11.3 Å². The lowest BCUT2D eigenvalue weighted by atomic mass is 10.0. The Labute approximate surface area is 106 Å².